The quantitative estimate of drug-likeness (QED) is 0.662. The molecule has 0 aliphatic carbocycles. The predicted molar refractivity (Wildman–Crippen MR) is 120 cm³/mol. The molecule has 2 bridgehead atoms. The van der Waals surface area contributed by atoms with Crippen molar-refractivity contribution in [1.82, 2.24) is 19.9 Å². The first-order valence-corrected chi connectivity index (χ1v) is 10.2. The molecule has 9 nitrogen and oxygen atoms in total. The summed E-state index contributed by atoms with van der Waals surface area (Å²) in [4.78, 5) is 38.9. The molecule has 0 unspecified atom stereocenters. The van der Waals surface area contributed by atoms with Crippen LogP contribution >= 0.6 is 0 Å². The number of aliphatic imine (C=N–C) groups is 1. The molecule has 1 atom stereocenters. The number of pyridine rings is 2. The molecule has 2 aliphatic rings. The zero-order chi connectivity index (χ0) is 21.4. The zero-order valence-electron chi connectivity index (χ0n) is 17.4. The summed E-state index contributed by atoms with van der Waals surface area (Å²) in [5.41, 5.74) is 4.48. The van der Waals surface area contributed by atoms with E-state index in [1.807, 2.05) is 25.1 Å². The molecule has 5 heterocycles. The van der Waals surface area contributed by atoms with Gasteiger partial charge in [-0.25, -0.2) is 14.8 Å². The first kappa shape index (κ1) is 19.1. The number of anilines is 3. The lowest BCUT2D eigenvalue weighted by Crippen LogP contribution is -2.48. The van der Waals surface area contributed by atoms with Crippen LogP contribution in [0.25, 0.3) is 11.3 Å². The van der Waals surface area contributed by atoms with E-state index in [9.17, 15) is 4.79 Å². The fourth-order valence-corrected chi connectivity index (χ4v) is 4.15. The van der Waals surface area contributed by atoms with Gasteiger partial charge in [0.25, 0.3) is 0 Å². The summed E-state index contributed by atoms with van der Waals surface area (Å²) in [7, 11) is 1.73. The Morgan fingerprint density at radius 2 is 2.16 bits per heavy atom. The molecule has 3 aromatic rings. The number of fused-ring (bicyclic) bond motifs is 4. The molecule has 2 aliphatic heterocycles. The lowest BCUT2D eigenvalue weighted by atomic mass is 10.1. The summed E-state index contributed by atoms with van der Waals surface area (Å²) >= 11 is 0. The van der Waals surface area contributed by atoms with Gasteiger partial charge in [-0.05, 0) is 37.1 Å². The second kappa shape index (κ2) is 7.75. The molecule has 31 heavy (non-hydrogen) atoms. The molecule has 0 spiro atoms. The first-order valence-electron chi connectivity index (χ1n) is 10.2. The van der Waals surface area contributed by atoms with Gasteiger partial charge in [-0.15, -0.1) is 0 Å². The summed E-state index contributed by atoms with van der Waals surface area (Å²) in [6.07, 6.45) is 9.08. The molecule has 2 amide bonds. The molecule has 0 aromatic carbocycles. The van der Waals surface area contributed by atoms with Crippen LogP contribution in [0.2, 0.25) is 0 Å². The Morgan fingerprint density at radius 3 is 2.94 bits per heavy atom. The van der Waals surface area contributed by atoms with Crippen LogP contribution in [0.1, 0.15) is 17.7 Å². The molecule has 1 saturated heterocycles. The van der Waals surface area contributed by atoms with Crippen molar-refractivity contribution in [2.24, 2.45) is 4.99 Å². The number of aromatic nitrogens is 4. The normalized spacial score (nSPS) is 17.2. The van der Waals surface area contributed by atoms with Crippen LogP contribution in [-0.4, -0.2) is 58.4 Å². The maximum Gasteiger partial charge on any atom is 0.329 e. The van der Waals surface area contributed by atoms with E-state index in [2.05, 4.69) is 30.2 Å². The molecule has 0 radical (unpaired) electrons. The van der Waals surface area contributed by atoms with Gasteiger partial charge in [-0.3, -0.25) is 25.2 Å². The summed E-state index contributed by atoms with van der Waals surface area (Å²) in [6.45, 7) is 3.70. The Bertz CT molecular complexity index is 1160. The third-order valence-electron chi connectivity index (χ3n) is 5.63. The van der Waals surface area contributed by atoms with Crippen LogP contribution in [0.5, 0.6) is 0 Å². The van der Waals surface area contributed by atoms with Crippen molar-refractivity contribution in [3.05, 3.63) is 54.2 Å². The monoisotopic (exact) mass is 414 g/mol. The average Bonchev–Trinajstić information content (AvgIpc) is 3.20. The molecule has 1 N–H and O–H groups in total. The first-order chi connectivity index (χ1) is 15.1. The lowest BCUT2D eigenvalue weighted by Gasteiger charge is -2.35. The lowest BCUT2D eigenvalue weighted by molar-refractivity contribution is 0.254. The highest BCUT2D eigenvalue weighted by molar-refractivity contribution is 6.04. The predicted octanol–water partition coefficient (Wildman–Crippen LogP) is 2.92. The zero-order valence-corrected chi connectivity index (χ0v) is 17.4. The topological polar surface area (TPSA) is 99.5 Å². The molecule has 0 saturated carbocycles. The number of nitrogens with one attached hydrogen (secondary N) is 1. The number of rotatable bonds is 3. The van der Waals surface area contributed by atoms with E-state index < -0.39 is 0 Å². The Balaban J connectivity index is 1.52. The van der Waals surface area contributed by atoms with Crippen LogP contribution < -0.4 is 15.1 Å². The van der Waals surface area contributed by atoms with E-state index in [-0.39, 0.29) is 12.1 Å². The summed E-state index contributed by atoms with van der Waals surface area (Å²) in [5, 5.41) is 2.85. The van der Waals surface area contributed by atoms with E-state index in [4.69, 9.17) is 4.98 Å². The average molecular weight is 414 g/mol. The number of hydrogen-bond acceptors (Lipinski definition) is 7. The minimum atomic E-state index is -0.248. The van der Waals surface area contributed by atoms with E-state index in [0.717, 1.165) is 47.7 Å². The van der Waals surface area contributed by atoms with Crippen LogP contribution in [0.3, 0.4) is 0 Å². The van der Waals surface area contributed by atoms with Crippen LogP contribution in [0, 0.1) is 6.92 Å². The smallest absolute Gasteiger partial charge is 0.329 e. The third kappa shape index (κ3) is 3.48. The minimum absolute atomic E-state index is 0.0647. The molecule has 1 fully saturated rings. The van der Waals surface area contributed by atoms with Gasteiger partial charge in [0.2, 0.25) is 0 Å². The summed E-state index contributed by atoms with van der Waals surface area (Å²) in [6, 6.07) is 5.89. The second-order valence-corrected chi connectivity index (χ2v) is 7.63. The second-order valence-electron chi connectivity index (χ2n) is 7.63. The number of aryl methyl sites for hydroxylation is 1. The Hall–Kier alpha value is -3.88. The summed E-state index contributed by atoms with van der Waals surface area (Å²) < 4.78 is 0. The maximum absolute atomic E-state index is 13.2. The highest BCUT2D eigenvalue weighted by Crippen LogP contribution is 2.40. The number of amides is 2. The molecular weight excluding hydrogens is 392 g/mol. The van der Waals surface area contributed by atoms with Crippen LogP contribution in [0.4, 0.5) is 22.1 Å². The van der Waals surface area contributed by atoms with Crippen molar-refractivity contribution < 1.29 is 4.79 Å². The summed E-state index contributed by atoms with van der Waals surface area (Å²) in [5.74, 6) is 1.07. The van der Waals surface area contributed by atoms with E-state index in [1.165, 1.54) is 6.20 Å². The van der Waals surface area contributed by atoms with E-state index >= 15 is 0 Å². The van der Waals surface area contributed by atoms with Crippen molar-refractivity contribution in [2.75, 3.05) is 35.3 Å². The van der Waals surface area contributed by atoms with Crippen molar-refractivity contribution in [1.29, 1.82) is 0 Å². The molecular formula is C22H22N8O. The standard InChI is InChI=1S/C22H22N8O/c1-14-9-15(10-26-18(14)11-23-2)17-3-4-19-21(27-17)30(16-5-8-29(19)13-16)22(31)28-20-12-24-6-7-25-20/h3-4,6-7,9-12,16H,5,8,13H2,1-2H3,(H,25,28,31)/b23-11+/t16-/m0/s1. The Labute approximate surface area is 179 Å². The number of carbonyl (C=O) groups excluding carboxylic acids is 1. The molecule has 5 rings (SSSR count). The maximum atomic E-state index is 13.2. The van der Waals surface area contributed by atoms with Gasteiger partial charge in [-0.1, -0.05) is 0 Å². The third-order valence-corrected chi connectivity index (χ3v) is 5.63. The Morgan fingerprint density at radius 1 is 1.26 bits per heavy atom. The van der Waals surface area contributed by atoms with Crippen LogP contribution in [0.15, 0.2) is 48.0 Å². The highest BCUT2D eigenvalue weighted by Gasteiger charge is 2.40. The van der Waals surface area contributed by atoms with Crippen molar-refractivity contribution >= 4 is 29.6 Å². The Kier molecular flexibility index (Phi) is 4.78. The van der Waals surface area contributed by atoms with Gasteiger partial charge in [-0.2, -0.15) is 0 Å². The van der Waals surface area contributed by atoms with Crippen molar-refractivity contribution in [3.63, 3.8) is 0 Å². The SMILES string of the molecule is C/N=C/c1ncc(-c2ccc3c(n2)N(C(=O)Nc2cnccn2)[C@H]2CCN3C2)cc1C. The molecule has 3 aromatic heterocycles. The number of urea groups is 1. The van der Waals surface area contributed by atoms with Gasteiger partial charge in [0.1, 0.15) is 0 Å². The number of carbonyl (C=O) groups is 1. The van der Waals surface area contributed by atoms with Gasteiger partial charge in [0.05, 0.1) is 29.3 Å². The van der Waals surface area contributed by atoms with Crippen molar-refractivity contribution in [3.8, 4) is 11.3 Å². The van der Waals surface area contributed by atoms with E-state index in [0.29, 0.717) is 11.6 Å². The number of nitrogens with zero attached hydrogens (tertiary/aromatic N) is 7. The largest absolute Gasteiger partial charge is 0.366 e. The van der Waals surface area contributed by atoms with E-state index in [1.54, 1.807) is 36.8 Å². The molecule has 9 heteroatoms. The highest BCUT2D eigenvalue weighted by atomic mass is 16.2. The fraction of sp³-hybridized carbons (Fsp3) is 0.273. The fourth-order valence-electron chi connectivity index (χ4n) is 4.15. The van der Waals surface area contributed by atoms with Gasteiger partial charge < -0.3 is 4.90 Å². The minimum Gasteiger partial charge on any atom is -0.366 e. The van der Waals surface area contributed by atoms with Gasteiger partial charge >= 0.3 is 6.03 Å². The van der Waals surface area contributed by atoms with Gasteiger partial charge in [0, 0.05) is 50.5 Å². The molecule has 156 valence electrons. The van der Waals surface area contributed by atoms with Crippen LogP contribution in [-0.2, 0) is 0 Å². The van der Waals surface area contributed by atoms with Gasteiger partial charge in [0.15, 0.2) is 11.6 Å². The van der Waals surface area contributed by atoms with Crippen molar-refractivity contribution in [2.45, 2.75) is 19.4 Å². The number of hydrogen-bond donors (Lipinski definition) is 1.